The number of hydrogen-bond acceptors (Lipinski definition) is 3. The molecule has 0 unspecified atom stereocenters. The third-order valence-corrected chi connectivity index (χ3v) is 3.08. The highest BCUT2D eigenvalue weighted by Gasteiger charge is 2.34. The predicted molar refractivity (Wildman–Crippen MR) is 59.3 cm³/mol. The Bertz CT molecular complexity index is 215. The Labute approximate surface area is 91.2 Å². The highest BCUT2D eigenvalue weighted by Crippen LogP contribution is 2.30. The summed E-state index contributed by atoms with van der Waals surface area (Å²) in [5.74, 6) is -0.135. The summed E-state index contributed by atoms with van der Waals surface area (Å²) in [6, 6.07) is -0.423. The first kappa shape index (κ1) is 12.5. The maximum Gasteiger partial charge on any atom is 0.237 e. The van der Waals surface area contributed by atoms with Gasteiger partial charge in [0.1, 0.15) is 0 Å². The van der Waals surface area contributed by atoms with Crippen LogP contribution in [0.25, 0.3) is 0 Å². The van der Waals surface area contributed by atoms with Gasteiger partial charge in [-0.15, -0.1) is 0 Å². The lowest BCUT2D eigenvalue weighted by atomic mass is 9.80. The van der Waals surface area contributed by atoms with Gasteiger partial charge in [-0.3, -0.25) is 4.79 Å². The summed E-state index contributed by atoms with van der Waals surface area (Å²) in [6.45, 7) is 2.42. The molecule has 1 rings (SSSR count). The number of hydrogen-bond donors (Lipinski definition) is 3. The molecule has 1 amide bonds. The molecule has 4 nitrogen and oxygen atoms in total. The molecular formula is C11H22N2O2. The van der Waals surface area contributed by atoms with Crippen molar-refractivity contribution in [2.75, 3.05) is 6.54 Å². The molecule has 1 aliphatic rings. The van der Waals surface area contributed by atoms with Crippen molar-refractivity contribution >= 4 is 5.91 Å². The third-order valence-electron chi connectivity index (χ3n) is 3.08. The monoisotopic (exact) mass is 214 g/mol. The van der Waals surface area contributed by atoms with Crippen molar-refractivity contribution in [3.05, 3.63) is 0 Å². The number of rotatable bonds is 6. The van der Waals surface area contributed by atoms with Gasteiger partial charge in [-0.2, -0.15) is 0 Å². The number of unbranched alkanes of at least 4 members (excludes halogenated alkanes) is 1. The quantitative estimate of drug-likeness (QED) is 0.604. The Kier molecular flexibility index (Phi) is 4.54. The van der Waals surface area contributed by atoms with Gasteiger partial charge in [0.15, 0.2) is 0 Å². The van der Waals surface area contributed by atoms with Crippen LogP contribution >= 0.6 is 0 Å². The maximum absolute atomic E-state index is 11.5. The van der Waals surface area contributed by atoms with E-state index in [2.05, 4.69) is 12.2 Å². The SMILES string of the molecule is CCCC[C@H](N)C(=O)NCC1(O)CCC1. The van der Waals surface area contributed by atoms with Gasteiger partial charge in [0.25, 0.3) is 0 Å². The van der Waals surface area contributed by atoms with Crippen LogP contribution in [0.3, 0.4) is 0 Å². The van der Waals surface area contributed by atoms with E-state index in [1.807, 2.05) is 0 Å². The molecule has 1 saturated carbocycles. The number of carbonyl (C=O) groups excluding carboxylic acids is 1. The minimum absolute atomic E-state index is 0.135. The fourth-order valence-electron chi connectivity index (χ4n) is 1.70. The van der Waals surface area contributed by atoms with E-state index in [0.717, 1.165) is 38.5 Å². The van der Waals surface area contributed by atoms with Crippen molar-refractivity contribution in [2.24, 2.45) is 5.73 Å². The average molecular weight is 214 g/mol. The van der Waals surface area contributed by atoms with Gasteiger partial charge in [0, 0.05) is 6.54 Å². The van der Waals surface area contributed by atoms with Crippen LogP contribution in [0.2, 0.25) is 0 Å². The fraction of sp³-hybridized carbons (Fsp3) is 0.909. The lowest BCUT2D eigenvalue weighted by molar-refractivity contribution is -0.125. The zero-order valence-electron chi connectivity index (χ0n) is 9.46. The summed E-state index contributed by atoms with van der Waals surface area (Å²) >= 11 is 0. The zero-order valence-corrected chi connectivity index (χ0v) is 9.46. The van der Waals surface area contributed by atoms with Gasteiger partial charge in [-0.05, 0) is 25.7 Å². The molecule has 4 N–H and O–H groups in total. The summed E-state index contributed by atoms with van der Waals surface area (Å²) in [4.78, 5) is 11.5. The molecule has 4 heteroatoms. The topological polar surface area (TPSA) is 75.4 Å². The minimum Gasteiger partial charge on any atom is -0.388 e. The molecule has 15 heavy (non-hydrogen) atoms. The number of amides is 1. The summed E-state index contributed by atoms with van der Waals surface area (Å²) in [5, 5.41) is 12.5. The first-order valence-electron chi connectivity index (χ1n) is 5.83. The Morgan fingerprint density at radius 2 is 2.27 bits per heavy atom. The van der Waals surface area contributed by atoms with Crippen LogP contribution in [0.1, 0.15) is 45.4 Å². The van der Waals surface area contributed by atoms with Crippen molar-refractivity contribution in [2.45, 2.75) is 57.1 Å². The minimum atomic E-state index is -0.653. The molecule has 0 aromatic rings. The Hall–Kier alpha value is -0.610. The molecular weight excluding hydrogens is 192 g/mol. The average Bonchev–Trinajstić information content (AvgIpc) is 2.19. The normalized spacial score (nSPS) is 20.5. The Balaban J connectivity index is 2.17. The van der Waals surface area contributed by atoms with Crippen LogP contribution in [0.4, 0.5) is 0 Å². The molecule has 0 radical (unpaired) electrons. The van der Waals surface area contributed by atoms with E-state index in [1.165, 1.54) is 0 Å². The van der Waals surface area contributed by atoms with Crippen molar-refractivity contribution in [3.8, 4) is 0 Å². The summed E-state index contributed by atoms with van der Waals surface area (Å²) in [6.07, 6.45) is 5.37. The Morgan fingerprint density at radius 1 is 1.60 bits per heavy atom. The fourth-order valence-corrected chi connectivity index (χ4v) is 1.70. The van der Waals surface area contributed by atoms with E-state index >= 15 is 0 Å². The molecule has 1 aliphatic carbocycles. The van der Waals surface area contributed by atoms with E-state index in [-0.39, 0.29) is 5.91 Å². The molecule has 0 aromatic heterocycles. The lowest BCUT2D eigenvalue weighted by Gasteiger charge is -2.36. The lowest BCUT2D eigenvalue weighted by Crippen LogP contribution is -2.51. The van der Waals surface area contributed by atoms with Gasteiger partial charge in [0.05, 0.1) is 11.6 Å². The van der Waals surface area contributed by atoms with E-state index in [9.17, 15) is 9.90 Å². The first-order chi connectivity index (χ1) is 7.07. The molecule has 0 heterocycles. The number of nitrogens with one attached hydrogen (secondary N) is 1. The van der Waals surface area contributed by atoms with Crippen molar-refractivity contribution in [3.63, 3.8) is 0 Å². The van der Waals surface area contributed by atoms with Crippen molar-refractivity contribution in [1.82, 2.24) is 5.32 Å². The standard InChI is InChI=1S/C11H22N2O2/c1-2-3-5-9(12)10(14)13-8-11(15)6-4-7-11/h9,15H,2-8,12H2,1H3,(H,13,14)/t9-/m0/s1. The summed E-state index contributed by atoms with van der Waals surface area (Å²) < 4.78 is 0. The molecule has 0 spiro atoms. The van der Waals surface area contributed by atoms with Crippen LogP contribution in [0, 0.1) is 0 Å². The largest absolute Gasteiger partial charge is 0.388 e. The maximum atomic E-state index is 11.5. The van der Waals surface area contributed by atoms with Gasteiger partial charge in [0.2, 0.25) is 5.91 Å². The van der Waals surface area contributed by atoms with E-state index in [0.29, 0.717) is 6.54 Å². The van der Waals surface area contributed by atoms with E-state index < -0.39 is 11.6 Å². The summed E-state index contributed by atoms with van der Waals surface area (Å²) in [5.41, 5.74) is 5.05. The molecule has 0 aliphatic heterocycles. The van der Waals surface area contributed by atoms with Crippen LogP contribution < -0.4 is 11.1 Å². The van der Waals surface area contributed by atoms with Crippen LogP contribution in [0.15, 0.2) is 0 Å². The number of nitrogens with two attached hydrogens (primary N) is 1. The molecule has 88 valence electrons. The van der Waals surface area contributed by atoms with Gasteiger partial charge in [-0.25, -0.2) is 0 Å². The molecule has 0 aromatic carbocycles. The van der Waals surface area contributed by atoms with Gasteiger partial charge in [-0.1, -0.05) is 19.8 Å². The van der Waals surface area contributed by atoms with E-state index in [1.54, 1.807) is 0 Å². The Morgan fingerprint density at radius 3 is 2.73 bits per heavy atom. The number of carbonyl (C=O) groups is 1. The smallest absolute Gasteiger partial charge is 0.237 e. The molecule has 1 fully saturated rings. The van der Waals surface area contributed by atoms with Crippen molar-refractivity contribution < 1.29 is 9.90 Å². The highest BCUT2D eigenvalue weighted by atomic mass is 16.3. The first-order valence-corrected chi connectivity index (χ1v) is 5.83. The highest BCUT2D eigenvalue weighted by molar-refractivity contribution is 5.81. The second-order valence-electron chi connectivity index (χ2n) is 4.54. The van der Waals surface area contributed by atoms with Crippen LogP contribution in [0.5, 0.6) is 0 Å². The third kappa shape index (κ3) is 3.80. The zero-order chi connectivity index (χ0) is 11.3. The van der Waals surface area contributed by atoms with Crippen LogP contribution in [-0.2, 0) is 4.79 Å². The van der Waals surface area contributed by atoms with Crippen molar-refractivity contribution in [1.29, 1.82) is 0 Å². The summed E-state index contributed by atoms with van der Waals surface area (Å²) in [7, 11) is 0. The molecule has 1 atom stereocenters. The second kappa shape index (κ2) is 5.47. The van der Waals surface area contributed by atoms with E-state index in [4.69, 9.17) is 5.73 Å². The second-order valence-corrected chi connectivity index (χ2v) is 4.54. The number of aliphatic hydroxyl groups is 1. The van der Waals surface area contributed by atoms with Crippen LogP contribution in [-0.4, -0.2) is 29.2 Å². The van der Waals surface area contributed by atoms with Gasteiger partial charge < -0.3 is 16.2 Å². The van der Waals surface area contributed by atoms with Gasteiger partial charge >= 0.3 is 0 Å². The predicted octanol–water partition coefficient (Wildman–Crippen LogP) is 0.535. The molecule has 0 saturated heterocycles. The molecule has 0 bridgehead atoms.